The highest BCUT2D eigenvalue weighted by Crippen LogP contribution is 2.31. The van der Waals surface area contributed by atoms with Gasteiger partial charge in [-0.15, -0.1) is 11.3 Å². The van der Waals surface area contributed by atoms with Gasteiger partial charge in [0, 0.05) is 30.7 Å². The van der Waals surface area contributed by atoms with E-state index in [0.29, 0.717) is 19.6 Å². The molecule has 3 aliphatic heterocycles. The molecule has 6 nitrogen and oxygen atoms in total. The molecule has 2 atom stereocenters. The first-order valence-electron chi connectivity index (χ1n) is 8.19. The van der Waals surface area contributed by atoms with Crippen molar-refractivity contribution in [3.63, 3.8) is 0 Å². The van der Waals surface area contributed by atoms with Crippen molar-refractivity contribution in [2.75, 3.05) is 13.1 Å². The summed E-state index contributed by atoms with van der Waals surface area (Å²) in [5, 5.41) is 1.94. The molecular weight excluding hydrogens is 343 g/mol. The Morgan fingerprint density at radius 3 is 2.96 bits per heavy atom. The zero-order valence-corrected chi connectivity index (χ0v) is 14.3. The number of halogens is 1. The fraction of sp³-hybridized carbons (Fsp3) is 0.412. The lowest BCUT2D eigenvalue weighted by Crippen LogP contribution is -2.47. The third-order valence-electron chi connectivity index (χ3n) is 4.85. The van der Waals surface area contributed by atoms with Crippen LogP contribution in [0.3, 0.4) is 0 Å². The van der Waals surface area contributed by atoms with Crippen LogP contribution in [0.1, 0.15) is 28.9 Å². The van der Waals surface area contributed by atoms with E-state index in [2.05, 4.69) is 9.97 Å². The number of nitrogens with zero attached hydrogens (tertiary/aromatic N) is 4. The van der Waals surface area contributed by atoms with E-state index < -0.39 is 5.82 Å². The second kappa shape index (κ2) is 6.51. The van der Waals surface area contributed by atoms with Gasteiger partial charge in [0.2, 0.25) is 5.91 Å². The SMILES string of the molecule is O=C(c1cncc(F)c1)N1C[C@@H]2CC[C@H](C1)N(Cc1cscn1)C2=O. The van der Waals surface area contributed by atoms with Crippen LogP contribution in [0.2, 0.25) is 0 Å². The van der Waals surface area contributed by atoms with E-state index >= 15 is 0 Å². The van der Waals surface area contributed by atoms with Gasteiger partial charge in [-0.1, -0.05) is 0 Å². The fourth-order valence-electron chi connectivity index (χ4n) is 3.62. The summed E-state index contributed by atoms with van der Waals surface area (Å²) in [6, 6.07) is 1.16. The number of hydrogen-bond acceptors (Lipinski definition) is 5. The Morgan fingerprint density at radius 1 is 1.32 bits per heavy atom. The summed E-state index contributed by atoms with van der Waals surface area (Å²) in [6.07, 6.45) is 4.09. The molecule has 0 spiro atoms. The summed E-state index contributed by atoms with van der Waals surface area (Å²) < 4.78 is 13.4. The molecule has 5 heterocycles. The summed E-state index contributed by atoms with van der Waals surface area (Å²) >= 11 is 1.50. The second-order valence-electron chi connectivity index (χ2n) is 6.48. The van der Waals surface area contributed by atoms with Crippen LogP contribution in [0.4, 0.5) is 4.39 Å². The fourth-order valence-corrected chi connectivity index (χ4v) is 4.17. The minimum atomic E-state index is -0.537. The van der Waals surface area contributed by atoms with Crippen LogP contribution in [-0.2, 0) is 11.3 Å². The van der Waals surface area contributed by atoms with Gasteiger partial charge in [0.25, 0.3) is 5.91 Å². The van der Waals surface area contributed by atoms with E-state index in [4.69, 9.17) is 0 Å². The molecule has 0 aliphatic carbocycles. The number of thiazole rings is 1. The lowest BCUT2D eigenvalue weighted by atomic mass is 9.94. The van der Waals surface area contributed by atoms with E-state index in [9.17, 15) is 14.0 Å². The van der Waals surface area contributed by atoms with Gasteiger partial charge >= 0.3 is 0 Å². The maximum Gasteiger partial charge on any atom is 0.255 e. The topological polar surface area (TPSA) is 66.4 Å². The predicted octanol–water partition coefficient (Wildman–Crippen LogP) is 1.94. The summed E-state index contributed by atoms with van der Waals surface area (Å²) in [6.45, 7) is 1.31. The van der Waals surface area contributed by atoms with Gasteiger partial charge in [-0.2, -0.15) is 0 Å². The van der Waals surface area contributed by atoms with E-state index in [-0.39, 0.29) is 29.3 Å². The number of piperidine rings is 1. The van der Waals surface area contributed by atoms with E-state index in [0.717, 1.165) is 24.7 Å². The standard InChI is InChI=1S/C17H17FN4O2S/c18-13-3-12(4-19-5-13)16(23)21-6-11-1-2-15(8-21)22(17(11)24)7-14-9-25-10-20-14/h3-5,9-11,15H,1-2,6-8H2/t11-,15+/m0/s1. The van der Waals surface area contributed by atoms with Gasteiger partial charge in [0.05, 0.1) is 35.4 Å². The number of carbonyl (C=O) groups is 2. The maximum absolute atomic E-state index is 13.4. The van der Waals surface area contributed by atoms with Crippen LogP contribution >= 0.6 is 11.3 Å². The van der Waals surface area contributed by atoms with Crippen molar-refractivity contribution in [3.8, 4) is 0 Å². The Labute approximate surface area is 148 Å². The zero-order chi connectivity index (χ0) is 17.4. The van der Waals surface area contributed by atoms with Crippen LogP contribution < -0.4 is 0 Å². The number of hydrogen-bond donors (Lipinski definition) is 0. The second-order valence-corrected chi connectivity index (χ2v) is 7.19. The Balaban J connectivity index is 1.56. The number of rotatable bonds is 3. The van der Waals surface area contributed by atoms with Crippen molar-refractivity contribution >= 4 is 23.2 Å². The zero-order valence-electron chi connectivity index (χ0n) is 13.5. The van der Waals surface area contributed by atoms with Gasteiger partial charge in [0.1, 0.15) is 5.82 Å². The summed E-state index contributed by atoms with van der Waals surface area (Å²) in [5.74, 6) is -0.933. The van der Waals surface area contributed by atoms with Crippen LogP contribution in [0.15, 0.2) is 29.4 Å². The van der Waals surface area contributed by atoms with Crippen LogP contribution in [0, 0.1) is 11.7 Å². The summed E-state index contributed by atoms with van der Waals surface area (Å²) in [4.78, 5) is 37.0. The lowest BCUT2D eigenvalue weighted by molar-refractivity contribution is -0.140. The number of amides is 2. The highest BCUT2D eigenvalue weighted by atomic mass is 32.1. The summed E-state index contributed by atoms with van der Waals surface area (Å²) in [5.41, 5.74) is 2.85. The van der Waals surface area contributed by atoms with Crippen LogP contribution in [-0.4, -0.2) is 50.7 Å². The highest BCUT2D eigenvalue weighted by molar-refractivity contribution is 7.07. The number of fused-ring (bicyclic) bond motifs is 4. The number of aromatic nitrogens is 2. The Morgan fingerprint density at radius 2 is 2.20 bits per heavy atom. The minimum Gasteiger partial charge on any atom is -0.336 e. The van der Waals surface area contributed by atoms with Crippen LogP contribution in [0.5, 0.6) is 0 Å². The predicted molar refractivity (Wildman–Crippen MR) is 89.3 cm³/mol. The van der Waals surface area contributed by atoms with Crippen LogP contribution in [0.25, 0.3) is 0 Å². The van der Waals surface area contributed by atoms with Gasteiger partial charge in [-0.25, -0.2) is 9.37 Å². The molecule has 3 fully saturated rings. The largest absolute Gasteiger partial charge is 0.336 e. The van der Waals surface area contributed by atoms with Gasteiger partial charge in [0.15, 0.2) is 0 Å². The maximum atomic E-state index is 13.4. The first-order valence-corrected chi connectivity index (χ1v) is 9.13. The van der Waals surface area contributed by atoms with Crippen molar-refractivity contribution in [2.24, 2.45) is 5.92 Å². The normalized spacial score (nSPS) is 23.0. The van der Waals surface area contributed by atoms with Crippen molar-refractivity contribution < 1.29 is 14.0 Å². The molecule has 5 rings (SSSR count). The highest BCUT2D eigenvalue weighted by Gasteiger charge is 2.42. The van der Waals surface area contributed by atoms with Crippen molar-refractivity contribution in [1.29, 1.82) is 0 Å². The summed E-state index contributed by atoms with van der Waals surface area (Å²) in [7, 11) is 0. The Bertz CT molecular complexity index is 798. The molecule has 0 saturated carbocycles. The average Bonchev–Trinajstić information content (AvgIpc) is 2.97. The van der Waals surface area contributed by atoms with Gasteiger partial charge in [-0.3, -0.25) is 14.6 Å². The lowest BCUT2D eigenvalue weighted by Gasteiger charge is -2.35. The Kier molecular flexibility index (Phi) is 4.20. The molecule has 0 aromatic carbocycles. The number of pyridine rings is 1. The molecule has 2 amide bonds. The molecule has 3 saturated heterocycles. The first-order chi connectivity index (χ1) is 12.1. The van der Waals surface area contributed by atoms with E-state index in [1.807, 2.05) is 10.3 Å². The molecule has 0 N–H and O–H groups in total. The molecular formula is C17H17FN4O2S. The quantitative estimate of drug-likeness (QED) is 0.839. The van der Waals surface area contributed by atoms with Gasteiger partial charge in [-0.05, 0) is 18.9 Å². The van der Waals surface area contributed by atoms with Crippen molar-refractivity contribution in [3.05, 3.63) is 46.4 Å². The molecule has 0 unspecified atom stereocenters. The molecule has 2 aromatic rings. The minimum absolute atomic E-state index is 0.0292. The van der Waals surface area contributed by atoms with Crippen molar-refractivity contribution in [1.82, 2.24) is 19.8 Å². The third-order valence-corrected chi connectivity index (χ3v) is 5.48. The van der Waals surface area contributed by atoms with E-state index in [1.54, 1.807) is 10.4 Å². The smallest absolute Gasteiger partial charge is 0.255 e. The molecule has 8 heteroatoms. The molecule has 2 aromatic heterocycles. The monoisotopic (exact) mass is 360 g/mol. The first kappa shape index (κ1) is 16.1. The molecule has 0 radical (unpaired) electrons. The molecule has 3 aliphatic rings. The number of carbonyl (C=O) groups excluding carboxylic acids is 2. The third kappa shape index (κ3) is 3.13. The molecule has 2 bridgehead atoms. The average molecular weight is 360 g/mol. The molecule has 130 valence electrons. The van der Waals surface area contributed by atoms with Gasteiger partial charge < -0.3 is 9.80 Å². The molecule has 25 heavy (non-hydrogen) atoms. The Hall–Kier alpha value is -2.35. The van der Waals surface area contributed by atoms with Crippen molar-refractivity contribution in [2.45, 2.75) is 25.4 Å². The van der Waals surface area contributed by atoms with E-state index in [1.165, 1.54) is 23.6 Å².